The molecule has 0 unspecified atom stereocenters. The molecule has 0 aromatic heterocycles. The Labute approximate surface area is 116 Å². The van der Waals surface area contributed by atoms with Gasteiger partial charge in [0.2, 0.25) is 0 Å². The molecule has 1 aromatic carbocycles. The second-order valence-electron chi connectivity index (χ2n) is 6.05. The number of hydrogen-bond donors (Lipinski definition) is 1. The third-order valence-electron chi connectivity index (χ3n) is 4.58. The van der Waals surface area contributed by atoms with E-state index >= 15 is 0 Å². The first-order chi connectivity index (χ1) is 9.22. The van der Waals surface area contributed by atoms with E-state index in [4.69, 9.17) is 0 Å². The summed E-state index contributed by atoms with van der Waals surface area (Å²) in [6.07, 6.45) is 0. The summed E-state index contributed by atoms with van der Waals surface area (Å²) in [5.74, 6) is 0. The zero-order valence-corrected chi connectivity index (χ0v) is 12.2. The van der Waals surface area contributed by atoms with E-state index < -0.39 is 0 Å². The highest BCUT2D eigenvalue weighted by atomic mass is 15.3. The van der Waals surface area contributed by atoms with E-state index in [0.717, 1.165) is 12.6 Å². The van der Waals surface area contributed by atoms with Crippen LogP contribution in [0.4, 0.5) is 0 Å². The largest absolute Gasteiger partial charge is 0.314 e. The predicted octanol–water partition coefficient (Wildman–Crippen LogP) is 1.39. The first-order valence-electron chi connectivity index (χ1n) is 7.45. The molecule has 0 amide bonds. The number of hydrogen-bond acceptors (Lipinski definition) is 3. The van der Waals surface area contributed by atoms with Crippen molar-refractivity contribution in [3.8, 4) is 0 Å². The molecule has 1 N–H and O–H groups in total. The van der Waals surface area contributed by atoms with Crippen molar-refractivity contribution in [1.82, 2.24) is 15.1 Å². The van der Waals surface area contributed by atoms with Crippen molar-refractivity contribution < 1.29 is 0 Å². The predicted molar refractivity (Wildman–Crippen MR) is 79.4 cm³/mol. The Bertz CT molecular complexity index is 432. The van der Waals surface area contributed by atoms with E-state index in [1.54, 1.807) is 0 Å². The Morgan fingerprint density at radius 1 is 1.11 bits per heavy atom. The van der Waals surface area contributed by atoms with Crippen LogP contribution in [0.5, 0.6) is 0 Å². The summed E-state index contributed by atoms with van der Waals surface area (Å²) >= 11 is 0. The molecular weight excluding hydrogens is 234 g/mol. The maximum absolute atomic E-state index is 3.37. The van der Waals surface area contributed by atoms with E-state index in [1.165, 1.54) is 56.0 Å². The van der Waals surface area contributed by atoms with Crippen LogP contribution >= 0.6 is 0 Å². The average Bonchev–Trinajstić information content (AvgIpc) is 2.33. The minimum atomic E-state index is 0.809. The monoisotopic (exact) mass is 259 g/mol. The zero-order valence-electron chi connectivity index (χ0n) is 12.2. The van der Waals surface area contributed by atoms with Crippen LogP contribution in [-0.2, 0) is 6.54 Å². The Morgan fingerprint density at radius 3 is 2.42 bits per heavy atom. The minimum absolute atomic E-state index is 0.809. The molecule has 1 aromatic rings. The lowest BCUT2D eigenvalue weighted by Crippen LogP contribution is -2.61. The molecule has 2 aliphatic rings. The Hall–Kier alpha value is -0.900. The molecular formula is C16H25N3. The van der Waals surface area contributed by atoms with Gasteiger partial charge in [0.05, 0.1) is 0 Å². The lowest BCUT2D eigenvalue weighted by molar-refractivity contribution is 0.0695. The van der Waals surface area contributed by atoms with Gasteiger partial charge in [-0.1, -0.05) is 23.8 Å². The van der Waals surface area contributed by atoms with Crippen LogP contribution in [0.25, 0.3) is 0 Å². The van der Waals surface area contributed by atoms with E-state index in [1.807, 2.05) is 0 Å². The van der Waals surface area contributed by atoms with Crippen molar-refractivity contribution in [2.45, 2.75) is 26.4 Å². The average molecular weight is 259 g/mol. The highest BCUT2D eigenvalue weighted by Crippen LogP contribution is 2.16. The number of benzene rings is 1. The smallest absolute Gasteiger partial charge is 0.0346 e. The molecule has 0 spiro atoms. The summed E-state index contributed by atoms with van der Waals surface area (Å²) in [4.78, 5) is 5.25. The molecule has 0 bridgehead atoms. The molecule has 104 valence electrons. The minimum Gasteiger partial charge on any atom is -0.314 e. The van der Waals surface area contributed by atoms with Gasteiger partial charge in [-0.15, -0.1) is 0 Å². The van der Waals surface area contributed by atoms with Crippen molar-refractivity contribution in [3.63, 3.8) is 0 Å². The van der Waals surface area contributed by atoms with Crippen LogP contribution < -0.4 is 5.32 Å². The van der Waals surface area contributed by atoms with Crippen molar-refractivity contribution in [2.24, 2.45) is 0 Å². The normalized spacial score (nSPS) is 22.4. The number of nitrogens with zero attached hydrogens (tertiary/aromatic N) is 2. The zero-order chi connectivity index (χ0) is 13.2. The van der Waals surface area contributed by atoms with Crippen molar-refractivity contribution in [1.29, 1.82) is 0 Å². The Kier molecular flexibility index (Phi) is 3.87. The lowest BCUT2D eigenvalue weighted by Gasteiger charge is -2.43. The van der Waals surface area contributed by atoms with Gasteiger partial charge in [0, 0.05) is 51.9 Å². The molecule has 3 heteroatoms. The molecule has 3 nitrogen and oxygen atoms in total. The molecule has 0 aliphatic carbocycles. The van der Waals surface area contributed by atoms with Crippen LogP contribution in [0.1, 0.15) is 16.7 Å². The Morgan fingerprint density at radius 2 is 1.84 bits per heavy atom. The van der Waals surface area contributed by atoms with E-state index in [2.05, 4.69) is 47.2 Å². The lowest BCUT2D eigenvalue weighted by atomic mass is 10.0. The van der Waals surface area contributed by atoms with Crippen molar-refractivity contribution in [3.05, 3.63) is 34.9 Å². The third-order valence-corrected chi connectivity index (χ3v) is 4.58. The molecule has 0 saturated carbocycles. The van der Waals surface area contributed by atoms with Gasteiger partial charge in [-0.2, -0.15) is 0 Å². The topological polar surface area (TPSA) is 18.5 Å². The maximum Gasteiger partial charge on any atom is 0.0346 e. The summed E-state index contributed by atoms with van der Waals surface area (Å²) in [7, 11) is 0. The number of nitrogens with one attached hydrogen (secondary N) is 1. The van der Waals surface area contributed by atoms with Gasteiger partial charge in [-0.05, 0) is 25.0 Å². The summed E-state index contributed by atoms with van der Waals surface area (Å²) in [5, 5.41) is 3.37. The maximum atomic E-state index is 3.37. The van der Waals surface area contributed by atoms with Crippen molar-refractivity contribution in [2.75, 3.05) is 39.3 Å². The van der Waals surface area contributed by atoms with Crippen LogP contribution in [0.3, 0.4) is 0 Å². The SMILES string of the molecule is Cc1ccc(CN2CCN(C3CNC3)CC2)c(C)c1. The highest BCUT2D eigenvalue weighted by Gasteiger charge is 2.27. The van der Waals surface area contributed by atoms with E-state index in [0.29, 0.717) is 0 Å². The van der Waals surface area contributed by atoms with Gasteiger partial charge in [0.25, 0.3) is 0 Å². The third kappa shape index (κ3) is 2.99. The summed E-state index contributed by atoms with van der Waals surface area (Å²) in [6, 6.07) is 7.64. The molecule has 2 saturated heterocycles. The number of rotatable bonds is 3. The van der Waals surface area contributed by atoms with Crippen LogP contribution in [0.2, 0.25) is 0 Å². The van der Waals surface area contributed by atoms with Crippen molar-refractivity contribution >= 4 is 0 Å². The van der Waals surface area contributed by atoms with Gasteiger partial charge in [-0.25, -0.2) is 0 Å². The molecule has 2 heterocycles. The summed E-state index contributed by atoms with van der Waals surface area (Å²) < 4.78 is 0. The van der Waals surface area contributed by atoms with Crippen LogP contribution in [0, 0.1) is 13.8 Å². The molecule has 2 aliphatic heterocycles. The van der Waals surface area contributed by atoms with Gasteiger partial charge >= 0.3 is 0 Å². The fraction of sp³-hybridized carbons (Fsp3) is 0.625. The molecule has 19 heavy (non-hydrogen) atoms. The number of aryl methyl sites for hydroxylation is 2. The van der Waals surface area contributed by atoms with Gasteiger partial charge in [0.1, 0.15) is 0 Å². The second-order valence-corrected chi connectivity index (χ2v) is 6.05. The quantitative estimate of drug-likeness (QED) is 0.885. The van der Waals surface area contributed by atoms with Crippen LogP contribution in [-0.4, -0.2) is 55.1 Å². The van der Waals surface area contributed by atoms with Crippen LogP contribution in [0.15, 0.2) is 18.2 Å². The molecule has 3 rings (SSSR count). The molecule has 2 fully saturated rings. The fourth-order valence-corrected chi connectivity index (χ4v) is 3.08. The second kappa shape index (κ2) is 5.61. The van der Waals surface area contributed by atoms with Gasteiger partial charge in [0.15, 0.2) is 0 Å². The summed E-state index contributed by atoms with van der Waals surface area (Å²) in [5.41, 5.74) is 4.29. The van der Waals surface area contributed by atoms with E-state index in [-0.39, 0.29) is 0 Å². The molecule has 0 atom stereocenters. The fourth-order valence-electron chi connectivity index (χ4n) is 3.08. The Balaban J connectivity index is 1.54. The molecule has 0 radical (unpaired) electrons. The standard InChI is InChI=1S/C16H25N3/c1-13-3-4-15(14(2)9-13)12-18-5-7-19(8-6-18)16-10-17-11-16/h3-4,9,16-17H,5-8,10-12H2,1-2H3. The number of piperazine rings is 1. The first-order valence-corrected chi connectivity index (χ1v) is 7.45. The van der Waals surface area contributed by atoms with E-state index in [9.17, 15) is 0 Å². The van der Waals surface area contributed by atoms with Gasteiger partial charge < -0.3 is 5.32 Å². The van der Waals surface area contributed by atoms with Gasteiger partial charge in [-0.3, -0.25) is 9.80 Å². The summed E-state index contributed by atoms with van der Waals surface area (Å²) in [6.45, 7) is 12.8. The first kappa shape index (κ1) is 13.1. The highest BCUT2D eigenvalue weighted by molar-refractivity contribution is 5.30.